The largest absolute Gasteiger partial charge is 0.488 e. The molecule has 0 radical (unpaired) electrons. The summed E-state index contributed by atoms with van der Waals surface area (Å²) in [6.07, 6.45) is 3.60. The Balaban J connectivity index is 2.86. The van der Waals surface area contributed by atoms with Crippen LogP contribution in [0.4, 0.5) is 5.69 Å². The summed E-state index contributed by atoms with van der Waals surface area (Å²) in [7, 11) is -1.03. The fraction of sp³-hybridized carbons (Fsp3) is 0.385. The van der Waals surface area contributed by atoms with Crippen LogP contribution >= 0.6 is 0 Å². The number of benzene rings is 1. The van der Waals surface area contributed by atoms with Crippen LogP contribution in [0, 0.1) is 10.1 Å². The van der Waals surface area contributed by atoms with Crippen molar-refractivity contribution in [3.05, 3.63) is 47.0 Å². The van der Waals surface area contributed by atoms with Gasteiger partial charge in [0.2, 0.25) is 0 Å². The molecule has 0 fully saturated rings. The summed E-state index contributed by atoms with van der Waals surface area (Å²) < 4.78 is 5.84. The van der Waals surface area contributed by atoms with Crippen molar-refractivity contribution in [2.45, 2.75) is 31.7 Å². The molecule has 1 unspecified atom stereocenters. The predicted octanol–water partition coefficient (Wildman–Crippen LogP) is 3.33. The molecule has 0 heterocycles. The van der Waals surface area contributed by atoms with Crippen LogP contribution in [0.2, 0.25) is 13.1 Å². The van der Waals surface area contributed by atoms with Gasteiger partial charge in [-0.1, -0.05) is 31.3 Å². The lowest BCUT2D eigenvalue weighted by atomic mass is 10.3. The summed E-state index contributed by atoms with van der Waals surface area (Å²) in [6.45, 7) is 8.06. The van der Waals surface area contributed by atoms with E-state index in [-0.39, 0.29) is 11.4 Å². The highest BCUT2D eigenvalue weighted by Gasteiger charge is 2.20. The number of hydrogen-bond acceptors (Lipinski definition) is 3. The van der Waals surface area contributed by atoms with Crippen LogP contribution in [0.5, 0.6) is 5.75 Å². The molecule has 0 spiro atoms. The van der Waals surface area contributed by atoms with Gasteiger partial charge in [-0.3, -0.25) is 10.1 Å². The van der Waals surface area contributed by atoms with Gasteiger partial charge in [0.1, 0.15) is 0 Å². The maximum Gasteiger partial charge on any atom is 0.310 e. The molecule has 18 heavy (non-hydrogen) atoms. The Morgan fingerprint density at radius 1 is 1.50 bits per heavy atom. The third kappa shape index (κ3) is 3.99. The molecule has 0 aromatic heterocycles. The van der Waals surface area contributed by atoms with Crippen LogP contribution in [0.15, 0.2) is 36.9 Å². The molecule has 5 heteroatoms. The van der Waals surface area contributed by atoms with Crippen molar-refractivity contribution in [2.24, 2.45) is 0 Å². The van der Waals surface area contributed by atoms with E-state index in [9.17, 15) is 10.1 Å². The molecular weight excluding hydrogens is 246 g/mol. The van der Waals surface area contributed by atoms with Crippen LogP contribution in [0.3, 0.4) is 0 Å². The maximum atomic E-state index is 10.9. The molecule has 1 rings (SSSR count). The summed E-state index contributed by atoms with van der Waals surface area (Å²) in [6, 6.07) is 6.54. The average Bonchev–Trinajstić information content (AvgIpc) is 2.34. The number of nitrogens with zero attached hydrogens (tertiary/aromatic N) is 1. The van der Waals surface area contributed by atoms with Crippen molar-refractivity contribution in [1.29, 1.82) is 0 Å². The Morgan fingerprint density at radius 3 is 2.72 bits per heavy atom. The van der Waals surface area contributed by atoms with Crippen molar-refractivity contribution in [2.75, 3.05) is 0 Å². The Morgan fingerprint density at radius 2 is 2.17 bits per heavy atom. The third-order valence-corrected chi connectivity index (χ3v) is 4.70. The van der Waals surface area contributed by atoms with Gasteiger partial charge >= 0.3 is 5.69 Å². The minimum atomic E-state index is -1.03. The Labute approximate surface area is 109 Å². The fourth-order valence-corrected chi connectivity index (χ4v) is 2.96. The molecule has 0 N–H and O–H groups in total. The van der Waals surface area contributed by atoms with Gasteiger partial charge in [-0.2, -0.15) is 0 Å². The van der Waals surface area contributed by atoms with Crippen molar-refractivity contribution >= 4 is 14.5 Å². The van der Waals surface area contributed by atoms with Gasteiger partial charge in [-0.15, -0.1) is 6.58 Å². The number of rotatable bonds is 7. The Bertz CT molecular complexity index is 420. The molecule has 1 aromatic carbocycles. The zero-order valence-corrected chi connectivity index (χ0v) is 12.0. The smallest absolute Gasteiger partial charge is 0.310 e. The van der Waals surface area contributed by atoms with Gasteiger partial charge in [0.15, 0.2) is 5.75 Å². The molecule has 0 saturated heterocycles. The van der Waals surface area contributed by atoms with Gasteiger partial charge < -0.3 is 4.74 Å². The summed E-state index contributed by atoms with van der Waals surface area (Å²) in [5, 5.41) is 10.9. The van der Waals surface area contributed by atoms with Gasteiger partial charge in [-0.05, 0) is 18.9 Å². The minimum Gasteiger partial charge on any atom is -0.488 e. The number of hydrogen-bond donors (Lipinski definition) is 0. The summed E-state index contributed by atoms with van der Waals surface area (Å²) in [5.41, 5.74) is 0.139. The van der Waals surface area contributed by atoms with Crippen LogP contribution in [0.25, 0.3) is 0 Å². The monoisotopic (exact) mass is 265 g/mol. The zero-order valence-electron chi connectivity index (χ0n) is 10.8. The van der Waals surface area contributed by atoms with E-state index >= 15 is 0 Å². The molecule has 98 valence electrons. The highest BCUT2D eigenvalue weighted by Crippen LogP contribution is 2.28. The van der Waals surface area contributed by atoms with E-state index in [0.29, 0.717) is 5.75 Å². The number of ether oxygens (including phenoxy) is 1. The molecule has 0 aliphatic heterocycles. The first kappa shape index (κ1) is 14.4. The second-order valence-corrected chi connectivity index (χ2v) is 7.72. The van der Waals surface area contributed by atoms with Gasteiger partial charge in [-0.25, -0.2) is 0 Å². The first-order chi connectivity index (χ1) is 8.56. The van der Waals surface area contributed by atoms with Crippen LogP contribution in [-0.2, 0) is 0 Å². The second kappa shape index (κ2) is 6.96. The van der Waals surface area contributed by atoms with Crippen LogP contribution in [-0.4, -0.2) is 19.4 Å². The molecule has 0 aliphatic rings. The van der Waals surface area contributed by atoms with Crippen LogP contribution < -0.4 is 4.74 Å². The Hall–Kier alpha value is -1.62. The van der Waals surface area contributed by atoms with E-state index in [1.54, 1.807) is 18.2 Å². The van der Waals surface area contributed by atoms with E-state index in [2.05, 4.69) is 19.7 Å². The number of nitro groups is 1. The third-order valence-electron chi connectivity index (χ3n) is 2.74. The lowest BCUT2D eigenvalue weighted by Gasteiger charge is -2.21. The molecule has 0 saturated carbocycles. The molecular formula is C13H19NO3Si. The van der Waals surface area contributed by atoms with Crippen molar-refractivity contribution in [3.8, 4) is 5.75 Å². The lowest BCUT2D eigenvalue weighted by molar-refractivity contribution is -0.386. The molecule has 0 amide bonds. The summed E-state index contributed by atoms with van der Waals surface area (Å²) >= 11 is 0. The average molecular weight is 265 g/mol. The van der Waals surface area contributed by atoms with Gasteiger partial charge in [0.25, 0.3) is 0 Å². The van der Waals surface area contributed by atoms with E-state index < -0.39 is 13.7 Å². The highest BCUT2D eigenvalue weighted by atomic mass is 28.3. The first-order valence-corrected chi connectivity index (χ1v) is 9.04. The summed E-state index contributed by atoms with van der Waals surface area (Å²) in [4.78, 5) is 10.5. The normalized spacial score (nSPS) is 12.2. The Kier molecular flexibility index (Phi) is 5.58. The molecule has 0 bridgehead atoms. The second-order valence-electron chi connectivity index (χ2n) is 4.49. The first-order valence-electron chi connectivity index (χ1n) is 6.07. The maximum absolute atomic E-state index is 10.9. The number of para-hydroxylation sites is 2. The molecule has 1 aromatic rings. The predicted molar refractivity (Wildman–Crippen MR) is 75.8 cm³/mol. The molecule has 4 nitrogen and oxygen atoms in total. The molecule has 0 aliphatic carbocycles. The van der Waals surface area contributed by atoms with Crippen molar-refractivity contribution in [1.82, 2.24) is 0 Å². The van der Waals surface area contributed by atoms with E-state index in [1.165, 1.54) is 6.07 Å². The number of allylic oxidation sites excluding steroid dienone is 1. The van der Waals surface area contributed by atoms with E-state index in [1.807, 2.05) is 6.08 Å². The van der Waals surface area contributed by atoms with Crippen molar-refractivity contribution in [3.63, 3.8) is 0 Å². The lowest BCUT2D eigenvalue weighted by Crippen LogP contribution is -2.30. The quantitative estimate of drug-likeness (QED) is 0.329. The van der Waals surface area contributed by atoms with E-state index in [0.717, 1.165) is 12.8 Å². The SMILES string of the molecule is C=CCCC(Oc1ccccc1[N+](=O)[O-])[SiH](C)C. The topological polar surface area (TPSA) is 52.4 Å². The zero-order chi connectivity index (χ0) is 13.5. The van der Waals surface area contributed by atoms with Gasteiger partial charge in [0.05, 0.1) is 19.4 Å². The van der Waals surface area contributed by atoms with Crippen molar-refractivity contribution < 1.29 is 9.66 Å². The fourth-order valence-electron chi connectivity index (χ4n) is 1.68. The van der Waals surface area contributed by atoms with E-state index in [4.69, 9.17) is 4.74 Å². The van der Waals surface area contributed by atoms with Gasteiger partial charge in [0, 0.05) is 6.07 Å². The standard InChI is InChI=1S/C13H19NO3Si/c1-4-5-10-13(18(2)3)17-12-9-7-6-8-11(12)14(15)16/h4,6-9,13,18H,1,5,10H2,2-3H3. The summed E-state index contributed by atoms with van der Waals surface area (Å²) in [5.74, 6) is 0.373. The highest BCUT2D eigenvalue weighted by molar-refractivity contribution is 6.57. The minimum absolute atomic E-state index is 0.0377. The van der Waals surface area contributed by atoms with Crippen LogP contribution in [0.1, 0.15) is 12.8 Å². The molecule has 1 atom stereocenters. The number of nitro benzene ring substituents is 1.